The smallest absolute Gasteiger partial charge is 0.224 e. The molecule has 1 unspecified atom stereocenters. The normalized spacial score (nSPS) is 15.2. The van der Waals surface area contributed by atoms with E-state index in [-0.39, 0.29) is 18.7 Å². The number of nitrogens with one attached hydrogen (secondary N) is 1. The Morgan fingerprint density at radius 2 is 1.97 bits per heavy atom. The van der Waals surface area contributed by atoms with Gasteiger partial charge >= 0.3 is 0 Å². The molecule has 4 rings (SSSR count). The van der Waals surface area contributed by atoms with Crippen molar-refractivity contribution in [3.8, 4) is 11.1 Å². The quantitative estimate of drug-likeness (QED) is 0.536. The van der Waals surface area contributed by atoms with Crippen molar-refractivity contribution >= 4 is 28.4 Å². The van der Waals surface area contributed by atoms with Gasteiger partial charge in [0.15, 0.2) is 0 Å². The Bertz CT molecular complexity index is 1030. The summed E-state index contributed by atoms with van der Waals surface area (Å²) < 4.78 is 5.41. The number of nitrogens with two attached hydrogens (primary N) is 1. The minimum atomic E-state index is -0.983. The van der Waals surface area contributed by atoms with Crippen molar-refractivity contribution in [2.24, 2.45) is 5.73 Å². The SMILES string of the molecule is NC(O)CCC(=O)Nc1cccc(-c2ccc3ncc(N4CCOCC4)nc3c2)c1. The van der Waals surface area contributed by atoms with Crippen molar-refractivity contribution in [1.29, 1.82) is 0 Å². The Kier molecular flexibility index (Phi) is 6.18. The predicted octanol–water partition coefficient (Wildman–Crippen LogP) is 2.13. The Morgan fingerprint density at radius 1 is 1.17 bits per heavy atom. The van der Waals surface area contributed by atoms with Gasteiger partial charge in [-0.2, -0.15) is 0 Å². The summed E-state index contributed by atoms with van der Waals surface area (Å²) in [4.78, 5) is 23.5. The molecule has 0 spiro atoms. The maximum atomic E-state index is 12.0. The summed E-state index contributed by atoms with van der Waals surface area (Å²) in [7, 11) is 0. The van der Waals surface area contributed by atoms with Crippen LogP contribution in [0.3, 0.4) is 0 Å². The number of fused-ring (bicyclic) bond motifs is 1. The third kappa shape index (κ3) is 4.91. The molecule has 8 heteroatoms. The van der Waals surface area contributed by atoms with Gasteiger partial charge in [0.25, 0.3) is 0 Å². The third-order valence-electron chi connectivity index (χ3n) is 5.01. The maximum absolute atomic E-state index is 12.0. The summed E-state index contributed by atoms with van der Waals surface area (Å²) in [5.41, 5.74) is 9.60. The topological polar surface area (TPSA) is 114 Å². The van der Waals surface area contributed by atoms with E-state index in [1.165, 1.54) is 0 Å². The fourth-order valence-electron chi connectivity index (χ4n) is 3.41. The Balaban J connectivity index is 1.55. The van der Waals surface area contributed by atoms with Crippen LogP contribution in [-0.2, 0) is 9.53 Å². The first-order chi connectivity index (χ1) is 14.6. The standard InChI is InChI=1S/C22H25N5O3/c23-20(28)6-7-22(29)25-17-3-1-2-15(12-17)16-4-5-18-19(13-16)26-21(14-24-18)27-8-10-30-11-9-27/h1-5,12-14,20,28H,6-11,23H2,(H,25,29). The number of nitrogens with zero attached hydrogens (tertiary/aromatic N) is 3. The largest absolute Gasteiger partial charge is 0.379 e. The predicted molar refractivity (Wildman–Crippen MR) is 116 cm³/mol. The maximum Gasteiger partial charge on any atom is 0.224 e. The molecular formula is C22H25N5O3. The second-order valence-electron chi connectivity index (χ2n) is 7.27. The molecule has 4 N–H and O–H groups in total. The Morgan fingerprint density at radius 3 is 2.77 bits per heavy atom. The average Bonchev–Trinajstić information content (AvgIpc) is 2.78. The lowest BCUT2D eigenvalue weighted by atomic mass is 10.0. The lowest BCUT2D eigenvalue weighted by Crippen LogP contribution is -2.36. The molecule has 30 heavy (non-hydrogen) atoms. The number of rotatable bonds is 6. The van der Waals surface area contributed by atoms with Crippen molar-refractivity contribution in [3.05, 3.63) is 48.7 Å². The number of morpholine rings is 1. The zero-order valence-corrected chi connectivity index (χ0v) is 16.6. The molecule has 1 fully saturated rings. The first kappa shape index (κ1) is 20.2. The molecule has 1 amide bonds. The minimum Gasteiger partial charge on any atom is -0.379 e. The number of aromatic nitrogens is 2. The Labute approximate surface area is 174 Å². The molecule has 1 aliphatic rings. The first-order valence-electron chi connectivity index (χ1n) is 10.0. The number of benzene rings is 2. The van der Waals surface area contributed by atoms with E-state index in [9.17, 15) is 4.79 Å². The van der Waals surface area contributed by atoms with E-state index in [0.29, 0.717) is 18.9 Å². The van der Waals surface area contributed by atoms with E-state index in [1.807, 2.05) is 48.7 Å². The number of aliphatic hydroxyl groups is 1. The summed E-state index contributed by atoms with van der Waals surface area (Å²) in [6, 6.07) is 13.6. The lowest BCUT2D eigenvalue weighted by molar-refractivity contribution is -0.116. The summed E-state index contributed by atoms with van der Waals surface area (Å²) in [6.45, 7) is 3.01. The van der Waals surface area contributed by atoms with Crippen molar-refractivity contribution < 1.29 is 14.6 Å². The van der Waals surface area contributed by atoms with E-state index in [2.05, 4.69) is 15.2 Å². The minimum absolute atomic E-state index is 0.164. The number of ether oxygens (including phenoxy) is 1. The molecule has 2 aromatic carbocycles. The highest BCUT2D eigenvalue weighted by Gasteiger charge is 2.14. The summed E-state index contributed by atoms with van der Waals surface area (Å²) in [5.74, 6) is 0.669. The first-order valence-corrected chi connectivity index (χ1v) is 10.0. The van der Waals surface area contributed by atoms with Gasteiger partial charge in [-0.15, -0.1) is 0 Å². The molecule has 0 bridgehead atoms. The fourth-order valence-corrected chi connectivity index (χ4v) is 3.41. The van der Waals surface area contributed by atoms with Crippen molar-refractivity contribution in [2.45, 2.75) is 19.1 Å². The number of anilines is 2. The number of amides is 1. The van der Waals surface area contributed by atoms with Crippen molar-refractivity contribution in [1.82, 2.24) is 9.97 Å². The molecule has 0 radical (unpaired) electrons. The van der Waals surface area contributed by atoms with Crippen LogP contribution in [0.5, 0.6) is 0 Å². The van der Waals surface area contributed by atoms with Crippen LogP contribution < -0.4 is 16.0 Å². The van der Waals surface area contributed by atoms with E-state index in [0.717, 1.165) is 41.1 Å². The van der Waals surface area contributed by atoms with Crippen LogP contribution in [0.1, 0.15) is 12.8 Å². The van der Waals surface area contributed by atoms with Crippen LogP contribution in [-0.4, -0.2) is 53.5 Å². The van der Waals surface area contributed by atoms with Gasteiger partial charge in [0.1, 0.15) is 12.0 Å². The molecule has 0 aliphatic carbocycles. The molecule has 0 saturated carbocycles. The number of hydrogen-bond donors (Lipinski definition) is 3. The van der Waals surface area contributed by atoms with E-state index >= 15 is 0 Å². The van der Waals surface area contributed by atoms with Crippen molar-refractivity contribution in [2.75, 3.05) is 36.5 Å². The van der Waals surface area contributed by atoms with E-state index in [1.54, 1.807) is 0 Å². The van der Waals surface area contributed by atoms with Gasteiger partial charge in [-0.3, -0.25) is 9.78 Å². The number of hydrogen-bond acceptors (Lipinski definition) is 7. The van der Waals surface area contributed by atoms with Gasteiger partial charge in [0.05, 0.1) is 30.4 Å². The van der Waals surface area contributed by atoms with E-state index < -0.39 is 6.23 Å². The van der Waals surface area contributed by atoms with Crippen LogP contribution >= 0.6 is 0 Å². The van der Waals surface area contributed by atoms with Gasteiger partial charge in [-0.1, -0.05) is 18.2 Å². The van der Waals surface area contributed by atoms with Crippen LogP contribution in [0.2, 0.25) is 0 Å². The molecule has 1 aliphatic heterocycles. The summed E-state index contributed by atoms with van der Waals surface area (Å²) in [5, 5.41) is 12.0. The average molecular weight is 407 g/mol. The molecule has 1 aromatic heterocycles. The van der Waals surface area contributed by atoms with Crippen LogP contribution in [0.25, 0.3) is 22.2 Å². The van der Waals surface area contributed by atoms with Crippen LogP contribution in [0, 0.1) is 0 Å². The van der Waals surface area contributed by atoms with Gasteiger partial charge in [0.2, 0.25) is 5.91 Å². The zero-order valence-electron chi connectivity index (χ0n) is 16.6. The highest BCUT2D eigenvalue weighted by Crippen LogP contribution is 2.26. The second-order valence-corrected chi connectivity index (χ2v) is 7.27. The molecule has 1 atom stereocenters. The highest BCUT2D eigenvalue weighted by atomic mass is 16.5. The van der Waals surface area contributed by atoms with Gasteiger partial charge in [-0.25, -0.2) is 4.98 Å². The molecule has 8 nitrogen and oxygen atoms in total. The molecule has 156 valence electrons. The number of carbonyl (C=O) groups excluding carboxylic acids is 1. The summed E-state index contributed by atoms with van der Waals surface area (Å²) in [6.07, 6.45) is 1.21. The molecule has 1 saturated heterocycles. The monoisotopic (exact) mass is 407 g/mol. The number of carbonyl (C=O) groups is 1. The molecular weight excluding hydrogens is 382 g/mol. The molecule has 2 heterocycles. The summed E-state index contributed by atoms with van der Waals surface area (Å²) >= 11 is 0. The van der Waals surface area contributed by atoms with Gasteiger partial charge in [0, 0.05) is 25.2 Å². The third-order valence-corrected chi connectivity index (χ3v) is 5.01. The van der Waals surface area contributed by atoms with Crippen molar-refractivity contribution in [3.63, 3.8) is 0 Å². The Hall–Kier alpha value is -3.07. The number of aliphatic hydroxyl groups excluding tert-OH is 1. The van der Waals surface area contributed by atoms with Crippen LogP contribution in [0.4, 0.5) is 11.5 Å². The van der Waals surface area contributed by atoms with Crippen LogP contribution in [0.15, 0.2) is 48.7 Å². The zero-order chi connectivity index (χ0) is 20.9. The van der Waals surface area contributed by atoms with Gasteiger partial charge in [-0.05, 0) is 41.8 Å². The van der Waals surface area contributed by atoms with E-state index in [4.69, 9.17) is 20.6 Å². The second kappa shape index (κ2) is 9.17. The fraction of sp³-hybridized carbons (Fsp3) is 0.318. The molecule has 3 aromatic rings. The lowest BCUT2D eigenvalue weighted by Gasteiger charge is -2.27. The highest BCUT2D eigenvalue weighted by molar-refractivity contribution is 5.92. The van der Waals surface area contributed by atoms with Gasteiger partial charge < -0.3 is 25.8 Å².